The number of carbonyl (C=O) groups excluding carboxylic acids is 2. The molecule has 6 N–H and O–H groups in total. The zero-order valence-corrected chi connectivity index (χ0v) is 21.4. The summed E-state index contributed by atoms with van der Waals surface area (Å²) in [5, 5.41) is 62.5. The van der Waals surface area contributed by atoms with E-state index in [1.807, 2.05) is 19.9 Å². The summed E-state index contributed by atoms with van der Waals surface area (Å²) in [6.07, 6.45) is -2.60. The highest BCUT2D eigenvalue weighted by Gasteiger charge is 2.68. The minimum Gasteiger partial charge on any atom is -0.479 e. The number of Topliss-reactive ketones (excluding diaryl/α,β-unsaturated/α-hetero) is 1. The van der Waals surface area contributed by atoms with E-state index >= 15 is 0 Å². The Bertz CT molecular complexity index is 1080. The van der Waals surface area contributed by atoms with Gasteiger partial charge in [-0.15, -0.1) is 0 Å². The van der Waals surface area contributed by atoms with Gasteiger partial charge in [-0.2, -0.15) is 0 Å². The number of hydrogen-bond donors (Lipinski definition) is 6. The van der Waals surface area contributed by atoms with E-state index in [0.29, 0.717) is 12.8 Å². The van der Waals surface area contributed by atoms with Crippen LogP contribution in [-0.4, -0.2) is 97.2 Å². The number of aliphatic carboxylic acids is 1. The number of ketones is 2. The van der Waals surface area contributed by atoms with Crippen LogP contribution in [0.4, 0.5) is 0 Å². The first-order valence-corrected chi connectivity index (χ1v) is 13.2. The molecule has 4 aliphatic carbocycles. The second kappa shape index (κ2) is 9.29. The zero-order chi connectivity index (χ0) is 27.8. The zero-order valence-electron chi connectivity index (χ0n) is 21.4. The van der Waals surface area contributed by atoms with Crippen molar-refractivity contribution in [2.45, 2.75) is 88.4 Å². The van der Waals surface area contributed by atoms with Crippen molar-refractivity contribution >= 4 is 17.5 Å². The first-order chi connectivity index (χ1) is 17.7. The van der Waals surface area contributed by atoms with Gasteiger partial charge in [-0.3, -0.25) is 9.59 Å². The molecule has 0 unspecified atom stereocenters. The maximum absolute atomic E-state index is 13.5. The lowest BCUT2D eigenvalue weighted by Crippen LogP contribution is -2.62. The van der Waals surface area contributed by atoms with E-state index in [0.717, 1.165) is 12.0 Å². The summed E-state index contributed by atoms with van der Waals surface area (Å²) >= 11 is 0. The SMILES string of the molecule is C[C@]12C=CC(=O)C=C1CC[C@@H]1[C@@H]2[C@@H](O)C[C@@]2(C)[C@H]1CC[C@]2(O)C(=O)CO[C@H]1O[C@H](C(=O)O)[C@H](O)[C@@H](O)[C@@H]1O. The summed E-state index contributed by atoms with van der Waals surface area (Å²) in [5.41, 5.74) is -2.29. The normalized spacial score (nSPS) is 50.0. The van der Waals surface area contributed by atoms with Gasteiger partial charge in [0.15, 0.2) is 24.0 Å². The molecule has 0 aromatic heterocycles. The first-order valence-electron chi connectivity index (χ1n) is 13.2. The Labute approximate surface area is 219 Å². The molecule has 5 aliphatic rings. The molecule has 0 radical (unpaired) electrons. The van der Waals surface area contributed by atoms with Gasteiger partial charge in [0, 0.05) is 16.7 Å². The minimum atomic E-state index is -1.89. The van der Waals surface area contributed by atoms with Crippen LogP contribution in [0.2, 0.25) is 0 Å². The van der Waals surface area contributed by atoms with Crippen LogP contribution in [0.25, 0.3) is 0 Å². The van der Waals surface area contributed by atoms with Gasteiger partial charge in [-0.25, -0.2) is 4.79 Å². The van der Waals surface area contributed by atoms with Crippen molar-refractivity contribution in [2.24, 2.45) is 28.6 Å². The van der Waals surface area contributed by atoms with Crippen molar-refractivity contribution in [3.63, 3.8) is 0 Å². The molecule has 210 valence electrons. The lowest BCUT2D eigenvalue weighted by molar-refractivity contribution is -0.293. The average Bonchev–Trinajstić information content (AvgIpc) is 3.13. The Hall–Kier alpha value is -1.99. The summed E-state index contributed by atoms with van der Waals surface area (Å²) in [4.78, 5) is 36.8. The van der Waals surface area contributed by atoms with Crippen LogP contribution in [0.15, 0.2) is 23.8 Å². The molecule has 12 atom stereocenters. The number of aliphatic hydroxyl groups is 5. The molecule has 1 aliphatic heterocycles. The molecule has 0 aromatic rings. The molecule has 1 heterocycles. The topological polar surface area (TPSA) is 191 Å². The highest BCUT2D eigenvalue weighted by Crippen LogP contribution is 2.67. The van der Waals surface area contributed by atoms with Crippen molar-refractivity contribution in [3.8, 4) is 0 Å². The van der Waals surface area contributed by atoms with Crippen LogP contribution in [-0.2, 0) is 23.9 Å². The number of aliphatic hydroxyl groups excluding tert-OH is 4. The van der Waals surface area contributed by atoms with Crippen molar-refractivity contribution in [1.29, 1.82) is 0 Å². The van der Waals surface area contributed by atoms with Gasteiger partial charge < -0.3 is 40.1 Å². The van der Waals surface area contributed by atoms with E-state index in [1.54, 1.807) is 12.2 Å². The van der Waals surface area contributed by atoms with Crippen LogP contribution >= 0.6 is 0 Å². The second-order valence-electron chi connectivity index (χ2n) is 12.1. The highest BCUT2D eigenvalue weighted by molar-refractivity contribution is 6.01. The number of ether oxygens (including phenoxy) is 2. The Kier molecular flexibility index (Phi) is 6.74. The molecule has 0 aromatic carbocycles. The maximum Gasteiger partial charge on any atom is 0.335 e. The summed E-state index contributed by atoms with van der Waals surface area (Å²) in [5.74, 6) is -2.54. The number of fused-ring (bicyclic) bond motifs is 5. The van der Waals surface area contributed by atoms with Crippen LogP contribution in [0.3, 0.4) is 0 Å². The lowest BCUT2D eigenvalue weighted by atomic mass is 9.46. The second-order valence-corrected chi connectivity index (χ2v) is 12.1. The summed E-state index contributed by atoms with van der Waals surface area (Å²) in [6.45, 7) is 3.12. The van der Waals surface area contributed by atoms with E-state index in [9.17, 15) is 45.0 Å². The molecular weight excluding hydrogens is 500 g/mol. The van der Waals surface area contributed by atoms with Gasteiger partial charge in [-0.1, -0.05) is 25.5 Å². The van der Waals surface area contributed by atoms with Crippen LogP contribution in [0.1, 0.15) is 46.0 Å². The first kappa shape index (κ1) is 27.6. The minimum absolute atomic E-state index is 0.0166. The molecule has 0 bridgehead atoms. The standard InChI is InChI=1S/C27H36O11/c1-25-7-5-13(28)9-12(25)3-4-14-15-6-8-27(36,26(15,2)10-16(29)18(14)25)17(30)11-37-24-21(33)19(31)20(32)22(38-24)23(34)35/h5,7,9,14-16,18-22,24,29,31-33,36H,3-4,6,8,10-11H2,1-2H3,(H,34,35)/t14-,15-,16-,18+,19+,20+,21-,22-,24-,25-,26-,27-/m0/s1. The van der Waals surface area contributed by atoms with E-state index in [1.165, 1.54) is 0 Å². The average molecular weight is 537 g/mol. The van der Waals surface area contributed by atoms with E-state index in [-0.39, 0.29) is 36.4 Å². The monoisotopic (exact) mass is 536 g/mol. The fourth-order valence-corrected chi connectivity index (χ4v) is 8.26. The molecule has 1 saturated heterocycles. The predicted molar refractivity (Wildman–Crippen MR) is 128 cm³/mol. The van der Waals surface area contributed by atoms with E-state index in [4.69, 9.17) is 9.47 Å². The van der Waals surface area contributed by atoms with Gasteiger partial charge in [0.1, 0.15) is 30.5 Å². The summed E-state index contributed by atoms with van der Waals surface area (Å²) in [6, 6.07) is 0. The Morgan fingerprint density at radius 3 is 2.50 bits per heavy atom. The third kappa shape index (κ3) is 3.86. The summed E-state index contributed by atoms with van der Waals surface area (Å²) in [7, 11) is 0. The number of hydrogen-bond acceptors (Lipinski definition) is 10. The smallest absolute Gasteiger partial charge is 0.335 e. The number of allylic oxidation sites excluding steroid dienone is 4. The van der Waals surface area contributed by atoms with Gasteiger partial charge in [-0.05, 0) is 56.1 Å². The van der Waals surface area contributed by atoms with Gasteiger partial charge in [0.2, 0.25) is 0 Å². The Balaban J connectivity index is 1.34. The van der Waals surface area contributed by atoms with Gasteiger partial charge in [0.25, 0.3) is 0 Å². The third-order valence-corrected chi connectivity index (χ3v) is 10.3. The molecule has 0 amide bonds. The molecule has 11 heteroatoms. The van der Waals surface area contributed by atoms with Crippen molar-refractivity contribution < 1.29 is 54.5 Å². The highest BCUT2D eigenvalue weighted by atomic mass is 16.7. The Morgan fingerprint density at radius 1 is 1.11 bits per heavy atom. The number of carbonyl (C=O) groups is 3. The number of carboxylic acids is 1. The van der Waals surface area contributed by atoms with Gasteiger partial charge >= 0.3 is 5.97 Å². The number of rotatable bonds is 5. The third-order valence-electron chi connectivity index (χ3n) is 10.3. The van der Waals surface area contributed by atoms with Crippen LogP contribution in [0, 0.1) is 28.6 Å². The fourth-order valence-electron chi connectivity index (χ4n) is 8.26. The van der Waals surface area contributed by atoms with Crippen molar-refractivity contribution in [1.82, 2.24) is 0 Å². The molecule has 5 rings (SSSR count). The Morgan fingerprint density at radius 2 is 1.82 bits per heavy atom. The molecule has 4 fully saturated rings. The molecule has 38 heavy (non-hydrogen) atoms. The molecule has 0 spiro atoms. The van der Waals surface area contributed by atoms with E-state index < -0.39 is 71.6 Å². The van der Waals surface area contributed by atoms with Crippen molar-refractivity contribution in [3.05, 3.63) is 23.8 Å². The molecular formula is C27H36O11. The lowest BCUT2D eigenvalue weighted by Gasteiger charge is -2.59. The fraction of sp³-hybridized carbons (Fsp3) is 0.741. The maximum atomic E-state index is 13.5. The van der Waals surface area contributed by atoms with Crippen molar-refractivity contribution in [2.75, 3.05) is 6.61 Å². The number of carboxylic acid groups (broad SMARTS) is 1. The predicted octanol–water partition coefficient (Wildman–Crippen LogP) is -0.526. The van der Waals surface area contributed by atoms with Crippen LogP contribution < -0.4 is 0 Å². The van der Waals surface area contributed by atoms with Crippen LogP contribution in [0.5, 0.6) is 0 Å². The van der Waals surface area contributed by atoms with Gasteiger partial charge in [0.05, 0.1) is 6.10 Å². The molecule has 11 nitrogen and oxygen atoms in total. The largest absolute Gasteiger partial charge is 0.479 e. The summed E-state index contributed by atoms with van der Waals surface area (Å²) < 4.78 is 10.4. The quantitative estimate of drug-likeness (QED) is 0.265. The molecule has 3 saturated carbocycles. The van der Waals surface area contributed by atoms with E-state index in [2.05, 4.69) is 0 Å².